The highest BCUT2D eigenvalue weighted by Crippen LogP contribution is 2.29. The summed E-state index contributed by atoms with van der Waals surface area (Å²) in [5.74, 6) is -0.000934. The van der Waals surface area contributed by atoms with Crippen molar-refractivity contribution in [1.29, 1.82) is 0 Å². The van der Waals surface area contributed by atoms with Crippen molar-refractivity contribution in [2.24, 2.45) is 0 Å². The third-order valence-corrected chi connectivity index (χ3v) is 1.71. The number of aryl methyl sites for hydroxylation is 1. The summed E-state index contributed by atoms with van der Waals surface area (Å²) < 4.78 is 36.8. The average molecular weight is 225 g/mol. The summed E-state index contributed by atoms with van der Waals surface area (Å²) in [5, 5.41) is -0.629. The van der Waals surface area contributed by atoms with Gasteiger partial charge in [0.15, 0.2) is 0 Å². The van der Waals surface area contributed by atoms with Gasteiger partial charge in [0.25, 0.3) is 0 Å². The van der Waals surface area contributed by atoms with E-state index in [1.54, 1.807) is 0 Å². The lowest BCUT2D eigenvalue weighted by atomic mass is 10.3. The molecule has 14 heavy (non-hydrogen) atoms. The molecule has 0 aliphatic heterocycles. The van der Waals surface area contributed by atoms with Gasteiger partial charge in [-0.05, 0) is 19.9 Å². The smallest absolute Gasteiger partial charge is 0.237 e. The summed E-state index contributed by atoms with van der Waals surface area (Å²) in [5.41, 5.74) is -0.692. The first-order valence-electron chi connectivity index (χ1n) is 3.87. The van der Waals surface area contributed by atoms with Crippen LogP contribution < -0.4 is 0 Å². The second-order valence-electron chi connectivity index (χ2n) is 2.87. The van der Waals surface area contributed by atoms with E-state index in [4.69, 9.17) is 11.6 Å². The van der Waals surface area contributed by atoms with Crippen molar-refractivity contribution in [3.05, 3.63) is 23.3 Å². The van der Waals surface area contributed by atoms with Gasteiger partial charge in [0.1, 0.15) is 11.5 Å². The molecule has 0 fully saturated rings. The largest absolute Gasteiger partial charge is 0.433 e. The molecule has 0 aliphatic carbocycles. The molecule has 2 nitrogen and oxygen atoms in total. The highest BCUT2D eigenvalue weighted by molar-refractivity contribution is 6.20. The lowest BCUT2D eigenvalue weighted by Crippen LogP contribution is -2.12. The number of nitrogens with zero attached hydrogens (tertiary/aromatic N) is 2. The van der Waals surface area contributed by atoms with Crippen molar-refractivity contribution >= 4 is 11.6 Å². The second-order valence-corrected chi connectivity index (χ2v) is 3.52. The van der Waals surface area contributed by atoms with Crippen LogP contribution in [0.15, 0.2) is 6.07 Å². The predicted octanol–water partition coefficient (Wildman–Crippen LogP) is 3.10. The number of halogens is 4. The molecule has 0 radical (unpaired) electrons. The maximum Gasteiger partial charge on any atom is 0.433 e. The second kappa shape index (κ2) is 3.73. The third kappa shape index (κ3) is 2.57. The molecule has 0 aromatic carbocycles. The Morgan fingerprint density at radius 1 is 1.36 bits per heavy atom. The van der Waals surface area contributed by atoms with Gasteiger partial charge in [-0.1, -0.05) is 0 Å². The molecule has 0 bridgehead atoms. The van der Waals surface area contributed by atoms with Crippen LogP contribution in [-0.2, 0) is 6.18 Å². The van der Waals surface area contributed by atoms with Crippen molar-refractivity contribution < 1.29 is 13.2 Å². The van der Waals surface area contributed by atoms with Crippen LogP contribution >= 0.6 is 11.6 Å². The van der Waals surface area contributed by atoms with Crippen molar-refractivity contribution in [2.75, 3.05) is 0 Å². The molecule has 0 saturated heterocycles. The van der Waals surface area contributed by atoms with Gasteiger partial charge in [0, 0.05) is 5.69 Å². The number of alkyl halides is 4. The first-order valence-corrected chi connectivity index (χ1v) is 4.31. The zero-order valence-electron chi connectivity index (χ0n) is 7.56. The van der Waals surface area contributed by atoms with Crippen LogP contribution in [0.1, 0.15) is 29.5 Å². The Hall–Kier alpha value is -0.840. The van der Waals surface area contributed by atoms with Crippen LogP contribution in [0.3, 0.4) is 0 Å². The normalized spacial score (nSPS) is 14.1. The Kier molecular flexibility index (Phi) is 2.99. The Morgan fingerprint density at radius 2 is 1.93 bits per heavy atom. The molecular formula is C8H8ClF3N2. The summed E-state index contributed by atoms with van der Waals surface area (Å²) in [7, 11) is 0. The number of hydrogen-bond acceptors (Lipinski definition) is 2. The van der Waals surface area contributed by atoms with Gasteiger partial charge in [0.2, 0.25) is 0 Å². The van der Waals surface area contributed by atoms with E-state index in [-0.39, 0.29) is 11.5 Å². The molecule has 1 rings (SSSR count). The summed E-state index contributed by atoms with van der Waals surface area (Å²) in [6.07, 6.45) is -4.45. The quantitative estimate of drug-likeness (QED) is 0.685. The van der Waals surface area contributed by atoms with Crippen LogP contribution in [0.4, 0.5) is 13.2 Å². The Bertz CT molecular complexity index is 336. The standard InChI is InChI=1S/C8H8ClF3N2/c1-4-3-6(8(10,11)12)14-7(13-4)5(2)9/h3,5H,1-2H3. The topological polar surface area (TPSA) is 25.8 Å². The lowest BCUT2D eigenvalue weighted by Gasteiger charge is -2.09. The molecule has 78 valence electrons. The first kappa shape index (κ1) is 11.2. The molecule has 1 unspecified atom stereocenters. The minimum atomic E-state index is -4.45. The van der Waals surface area contributed by atoms with E-state index in [1.165, 1.54) is 13.8 Å². The highest BCUT2D eigenvalue weighted by atomic mass is 35.5. The lowest BCUT2D eigenvalue weighted by molar-refractivity contribution is -0.141. The minimum Gasteiger partial charge on any atom is -0.237 e. The van der Waals surface area contributed by atoms with Gasteiger partial charge in [-0.25, -0.2) is 9.97 Å². The predicted molar refractivity (Wildman–Crippen MR) is 46.0 cm³/mol. The SMILES string of the molecule is Cc1cc(C(F)(F)F)nc(C(C)Cl)n1. The molecule has 0 spiro atoms. The van der Waals surface area contributed by atoms with Crippen LogP contribution in [0.2, 0.25) is 0 Å². The zero-order valence-corrected chi connectivity index (χ0v) is 8.32. The molecule has 0 aliphatic rings. The van der Waals surface area contributed by atoms with Crippen molar-refractivity contribution in [1.82, 2.24) is 9.97 Å². The highest BCUT2D eigenvalue weighted by Gasteiger charge is 2.33. The van der Waals surface area contributed by atoms with Gasteiger partial charge in [-0.3, -0.25) is 0 Å². The van der Waals surface area contributed by atoms with E-state index in [0.717, 1.165) is 6.07 Å². The molecule has 1 aromatic heterocycles. The maximum atomic E-state index is 12.3. The average Bonchev–Trinajstić information content (AvgIpc) is 2.01. The molecule has 1 heterocycles. The van der Waals surface area contributed by atoms with Crippen molar-refractivity contribution in [3.63, 3.8) is 0 Å². The fraction of sp³-hybridized carbons (Fsp3) is 0.500. The Balaban J connectivity index is 3.21. The number of rotatable bonds is 1. The van der Waals surface area contributed by atoms with E-state index in [0.29, 0.717) is 0 Å². The Morgan fingerprint density at radius 3 is 2.36 bits per heavy atom. The summed E-state index contributed by atoms with van der Waals surface area (Å²) >= 11 is 5.60. The van der Waals surface area contributed by atoms with Crippen LogP contribution in [0.5, 0.6) is 0 Å². The molecule has 6 heteroatoms. The molecule has 1 atom stereocenters. The van der Waals surface area contributed by atoms with E-state index < -0.39 is 17.2 Å². The van der Waals surface area contributed by atoms with Gasteiger partial charge < -0.3 is 0 Å². The zero-order chi connectivity index (χ0) is 10.9. The van der Waals surface area contributed by atoms with E-state index in [2.05, 4.69) is 9.97 Å². The molecule has 0 amide bonds. The van der Waals surface area contributed by atoms with Crippen LogP contribution in [0.25, 0.3) is 0 Å². The Labute approximate surface area is 84.1 Å². The van der Waals surface area contributed by atoms with E-state index in [1.807, 2.05) is 0 Å². The molecule has 0 N–H and O–H groups in total. The van der Waals surface area contributed by atoms with Gasteiger partial charge in [0.05, 0.1) is 5.38 Å². The first-order chi connectivity index (χ1) is 6.30. The summed E-state index contributed by atoms with van der Waals surface area (Å²) in [4.78, 5) is 7.14. The third-order valence-electron chi connectivity index (χ3n) is 1.52. The summed E-state index contributed by atoms with van der Waals surface area (Å²) in [6.45, 7) is 3.00. The van der Waals surface area contributed by atoms with E-state index >= 15 is 0 Å². The monoisotopic (exact) mass is 224 g/mol. The van der Waals surface area contributed by atoms with Crippen molar-refractivity contribution in [3.8, 4) is 0 Å². The van der Waals surface area contributed by atoms with Gasteiger partial charge in [-0.15, -0.1) is 11.6 Å². The minimum absolute atomic E-state index is 0.000934. The summed E-state index contributed by atoms with van der Waals surface area (Å²) in [6, 6.07) is 0.892. The van der Waals surface area contributed by atoms with Crippen LogP contribution in [0, 0.1) is 6.92 Å². The molecule has 1 aromatic rings. The van der Waals surface area contributed by atoms with E-state index in [9.17, 15) is 13.2 Å². The van der Waals surface area contributed by atoms with Gasteiger partial charge >= 0.3 is 6.18 Å². The number of hydrogen-bond donors (Lipinski definition) is 0. The van der Waals surface area contributed by atoms with Gasteiger partial charge in [-0.2, -0.15) is 13.2 Å². The number of aromatic nitrogens is 2. The fourth-order valence-electron chi connectivity index (χ4n) is 0.915. The maximum absolute atomic E-state index is 12.3. The fourth-order valence-corrected chi connectivity index (χ4v) is 1.01. The van der Waals surface area contributed by atoms with Crippen molar-refractivity contribution in [2.45, 2.75) is 25.4 Å². The molecular weight excluding hydrogens is 217 g/mol. The molecule has 0 saturated carbocycles. The van der Waals surface area contributed by atoms with Crippen LogP contribution in [-0.4, -0.2) is 9.97 Å².